The van der Waals surface area contributed by atoms with E-state index in [0.717, 1.165) is 4.90 Å². The van der Waals surface area contributed by atoms with Gasteiger partial charge in [0.1, 0.15) is 17.6 Å². The van der Waals surface area contributed by atoms with Crippen LogP contribution in [0, 0.1) is 5.82 Å². The Bertz CT molecular complexity index is 1180. The quantitative estimate of drug-likeness (QED) is 0.369. The molecule has 164 valence electrons. The fraction of sp³-hybridized carbons (Fsp3) is 0.235. The number of halogens is 1. The van der Waals surface area contributed by atoms with Gasteiger partial charge in [0.05, 0.1) is 25.9 Å². The van der Waals surface area contributed by atoms with Crippen LogP contribution in [0.4, 0.5) is 14.9 Å². The molecule has 0 unspecified atom stereocenters. The molecule has 1 aliphatic rings. The molecule has 0 bridgehead atoms. The standard InChI is InChI=1S/C17H16FN6O6P.2Na/c1-23-21-16(20-22-23)15-5-2-10(7-19-15)13-4-3-11(6-14(13)18)24-8-12(30-17(24)25)9-29-31(26,27)28;;/h2-7,12H,8-9H2,1H3,(H2,26,27,28);;/t12-;;/m1../s1. The number of anilines is 1. The monoisotopic (exact) mass is 496 g/mol. The molecule has 1 aromatic carbocycles. The third-order valence-electron chi connectivity index (χ3n) is 4.38. The summed E-state index contributed by atoms with van der Waals surface area (Å²) in [6, 6.07) is 7.50. The number of amides is 1. The predicted octanol–water partition coefficient (Wildman–Crippen LogP) is 0.751. The Morgan fingerprint density at radius 1 is 1.27 bits per heavy atom. The number of carbonyl (C=O) groups excluding carboxylic acids is 1. The first kappa shape index (κ1) is 28.0. The minimum atomic E-state index is -4.69. The Hall–Kier alpha value is -1.25. The van der Waals surface area contributed by atoms with Gasteiger partial charge in [0, 0.05) is 76.4 Å². The summed E-state index contributed by atoms with van der Waals surface area (Å²) < 4.78 is 34.9. The summed E-state index contributed by atoms with van der Waals surface area (Å²) in [5.41, 5.74) is 1.49. The Labute approximate surface area is 231 Å². The zero-order chi connectivity index (χ0) is 22.2. The van der Waals surface area contributed by atoms with Crippen molar-refractivity contribution in [3.05, 3.63) is 42.3 Å². The van der Waals surface area contributed by atoms with E-state index in [0.29, 0.717) is 17.1 Å². The van der Waals surface area contributed by atoms with Gasteiger partial charge in [0.2, 0.25) is 5.82 Å². The number of aromatic nitrogens is 5. The summed E-state index contributed by atoms with van der Waals surface area (Å²) in [7, 11) is -3.06. The molecule has 0 saturated carbocycles. The van der Waals surface area contributed by atoms with Gasteiger partial charge in [0.25, 0.3) is 0 Å². The molecule has 2 aromatic heterocycles. The molecule has 12 nitrogen and oxygen atoms in total. The number of carbonyl (C=O) groups is 1. The van der Waals surface area contributed by atoms with Crippen molar-refractivity contribution in [2.45, 2.75) is 6.10 Å². The van der Waals surface area contributed by atoms with Gasteiger partial charge in [-0.1, -0.05) is 6.07 Å². The number of ether oxygens (including phenoxy) is 1. The Balaban J connectivity index is 0.00000193. The van der Waals surface area contributed by atoms with Gasteiger partial charge >= 0.3 is 13.9 Å². The smallest absolute Gasteiger partial charge is 0.441 e. The molecule has 3 aromatic rings. The van der Waals surface area contributed by atoms with E-state index in [1.807, 2.05) is 0 Å². The average Bonchev–Trinajstić information content (AvgIpc) is 3.31. The van der Waals surface area contributed by atoms with Gasteiger partial charge < -0.3 is 14.5 Å². The first-order valence-electron chi connectivity index (χ1n) is 8.88. The fourth-order valence-electron chi connectivity index (χ4n) is 2.98. The number of benzene rings is 1. The van der Waals surface area contributed by atoms with Crippen LogP contribution < -0.4 is 4.90 Å². The van der Waals surface area contributed by atoms with Crippen LogP contribution in [0.25, 0.3) is 22.6 Å². The first-order valence-corrected chi connectivity index (χ1v) is 10.4. The summed E-state index contributed by atoms with van der Waals surface area (Å²) in [4.78, 5) is 36.3. The number of hydrogen-bond donors (Lipinski definition) is 2. The molecular formula is C17H16FN6Na2O6P. The average molecular weight is 496 g/mol. The van der Waals surface area contributed by atoms with Crippen LogP contribution in [0.15, 0.2) is 36.5 Å². The van der Waals surface area contributed by atoms with Crippen LogP contribution in [0.2, 0.25) is 0 Å². The molecule has 3 heterocycles. The zero-order valence-corrected chi connectivity index (χ0v) is 22.9. The number of rotatable bonds is 6. The minimum absolute atomic E-state index is 0. The van der Waals surface area contributed by atoms with Crippen molar-refractivity contribution < 1.29 is 32.8 Å². The van der Waals surface area contributed by atoms with Crippen molar-refractivity contribution in [2.24, 2.45) is 7.05 Å². The van der Waals surface area contributed by atoms with Crippen molar-refractivity contribution in [2.75, 3.05) is 18.1 Å². The predicted molar refractivity (Wildman–Crippen MR) is 115 cm³/mol. The third-order valence-corrected chi connectivity index (χ3v) is 4.86. The maximum absolute atomic E-state index is 14.8. The largest absolute Gasteiger partial charge is 0.469 e. The minimum Gasteiger partial charge on any atom is -0.441 e. The van der Waals surface area contributed by atoms with E-state index in [-0.39, 0.29) is 76.9 Å². The molecule has 2 N–H and O–H groups in total. The molecule has 1 fully saturated rings. The molecular weight excluding hydrogens is 480 g/mol. The summed E-state index contributed by atoms with van der Waals surface area (Å²) >= 11 is 0. The third kappa shape index (κ3) is 6.89. The van der Waals surface area contributed by atoms with Gasteiger partial charge in [-0.05, 0) is 29.5 Å². The normalized spacial score (nSPS) is 15.6. The number of pyridine rings is 1. The van der Waals surface area contributed by atoms with E-state index in [4.69, 9.17) is 14.5 Å². The number of tetrazole rings is 1. The fourth-order valence-corrected chi connectivity index (χ4v) is 3.34. The van der Waals surface area contributed by atoms with Gasteiger partial charge in [-0.15, -0.1) is 10.2 Å². The van der Waals surface area contributed by atoms with Gasteiger partial charge in [-0.25, -0.2) is 13.8 Å². The molecule has 1 aliphatic heterocycles. The second kappa shape index (κ2) is 11.5. The molecule has 33 heavy (non-hydrogen) atoms. The van der Waals surface area contributed by atoms with E-state index < -0.39 is 32.4 Å². The Kier molecular flexibility index (Phi) is 9.71. The molecule has 1 atom stereocenters. The van der Waals surface area contributed by atoms with E-state index in [2.05, 4.69) is 24.9 Å². The van der Waals surface area contributed by atoms with Crippen LogP contribution in [-0.2, 0) is 20.9 Å². The van der Waals surface area contributed by atoms with Crippen molar-refractivity contribution >= 4 is 78.7 Å². The van der Waals surface area contributed by atoms with Gasteiger partial charge in [0.15, 0.2) is 0 Å². The summed E-state index contributed by atoms with van der Waals surface area (Å²) in [6.45, 7) is -0.523. The Morgan fingerprint density at radius 2 is 2.03 bits per heavy atom. The van der Waals surface area contributed by atoms with Crippen LogP contribution in [0.3, 0.4) is 0 Å². The van der Waals surface area contributed by atoms with E-state index in [9.17, 15) is 13.8 Å². The van der Waals surface area contributed by atoms with Gasteiger partial charge in [-0.2, -0.15) is 4.80 Å². The van der Waals surface area contributed by atoms with Crippen LogP contribution >= 0.6 is 7.82 Å². The molecule has 16 heteroatoms. The molecule has 0 spiro atoms. The summed E-state index contributed by atoms with van der Waals surface area (Å²) in [5, 5.41) is 11.7. The molecule has 1 saturated heterocycles. The second-order valence-corrected chi connectivity index (χ2v) is 7.84. The molecule has 0 aliphatic carbocycles. The number of phosphoric ester groups is 1. The number of hydrogen-bond acceptors (Lipinski definition) is 8. The topological polar surface area (TPSA) is 153 Å². The van der Waals surface area contributed by atoms with Crippen LogP contribution in [-0.4, -0.2) is 119 Å². The number of cyclic esters (lactones) is 1. The van der Waals surface area contributed by atoms with Crippen molar-refractivity contribution in [1.82, 2.24) is 25.2 Å². The zero-order valence-electron chi connectivity index (χ0n) is 18.0. The first-order chi connectivity index (χ1) is 14.7. The molecule has 1 amide bonds. The van der Waals surface area contributed by atoms with Crippen LogP contribution in [0.1, 0.15) is 0 Å². The van der Waals surface area contributed by atoms with Crippen molar-refractivity contribution in [3.8, 4) is 22.6 Å². The summed E-state index contributed by atoms with van der Waals surface area (Å²) in [6.07, 6.45) is -0.188. The number of aryl methyl sites for hydroxylation is 1. The van der Waals surface area contributed by atoms with Crippen LogP contribution in [0.5, 0.6) is 0 Å². The number of phosphoric acid groups is 1. The van der Waals surface area contributed by atoms with Gasteiger partial charge in [-0.3, -0.25) is 14.4 Å². The van der Waals surface area contributed by atoms with E-state index in [1.54, 1.807) is 19.2 Å². The SMILES string of the molecule is Cn1nnc(-c2ccc(-c3ccc(N4C[C@H](COP(=O)(O)O)OC4=O)cc3F)cn2)n1.[Na].[Na]. The molecule has 2 radical (unpaired) electrons. The number of nitrogens with zero attached hydrogens (tertiary/aromatic N) is 6. The maximum Gasteiger partial charge on any atom is 0.469 e. The Morgan fingerprint density at radius 3 is 2.61 bits per heavy atom. The van der Waals surface area contributed by atoms with E-state index in [1.165, 1.54) is 29.2 Å². The van der Waals surface area contributed by atoms with Crippen molar-refractivity contribution in [3.63, 3.8) is 0 Å². The van der Waals surface area contributed by atoms with Crippen molar-refractivity contribution in [1.29, 1.82) is 0 Å². The maximum atomic E-state index is 14.8. The molecule has 4 rings (SSSR count). The summed E-state index contributed by atoms with van der Waals surface area (Å²) in [5.74, 6) is -0.248. The second-order valence-electron chi connectivity index (χ2n) is 6.60. The van der Waals surface area contributed by atoms with E-state index >= 15 is 0 Å².